The van der Waals surface area contributed by atoms with Gasteiger partial charge in [0.2, 0.25) is 0 Å². The first-order valence-electron chi connectivity index (χ1n) is 13.8. The van der Waals surface area contributed by atoms with Gasteiger partial charge >= 0.3 is 0 Å². The van der Waals surface area contributed by atoms with Crippen molar-refractivity contribution in [3.63, 3.8) is 0 Å². The summed E-state index contributed by atoms with van der Waals surface area (Å²) in [5, 5.41) is 28.9. The molecule has 6 rings (SSSR count). The second kappa shape index (κ2) is 9.51. The summed E-state index contributed by atoms with van der Waals surface area (Å²) in [6.45, 7) is 4.20. The van der Waals surface area contributed by atoms with Gasteiger partial charge in [0.1, 0.15) is 6.23 Å². The van der Waals surface area contributed by atoms with E-state index in [1.165, 1.54) is 10.6 Å². The molecule has 214 valence electrons. The number of rotatable bonds is 7. The lowest BCUT2D eigenvalue weighted by Gasteiger charge is -2.34. The number of nitrogens with two attached hydrogens (primary N) is 1. The molecule has 11 nitrogen and oxygen atoms in total. The summed E-state index contributed by atoms with van der Waals surface area (Å²) in [5.74, 6) is 0.346. The molecule has 0 spiro atoms. The largest absolute Gasteiger partial charge is 0.390 e. The number of benzene rings is 1. The number of nitrogens with one attached hydrogen (secondary N) is 1. The molecule has 1 amide bonds. The first kappa shape index (κ1) is 27.1. The number of aliphatic hydroxyl groups is 2. The highest BCUT2D eigenvalue weighted by Crippen LogP contribution is 2.41. The third kappa shape index (κ3) is 4.87. The minimum absolute atomic E-state index is 0.000277. The molecule has 1 unspecified atom stereocenters. The van der Waals surface area contributed by atoms with Crippen LogP contribution >= 0.6 is 0 Å². The topological polar surface area (TPSA) is 163 Å². The van der Waals surface area contributed by atoms with Crippen molar-refractivity contribution < 1.29 is 23.4 Å². The summed E-state index contributed by atoms with van der Waals surface area (Å²) < 4.78 is 27.2. The molecule has 0 saturated heterocycles. The number of carbonyl (C=O) groups is 1. The van der Waals surface area contributed by atoms with Crippen LogP contribution in [0.15, 0.2) is 29.3 Å². The monoisotopic (exact) mass is 568 g/mol. The van der Waals surface area contributed by atoms with Gasteiger partial charge in [-0.1, -0.05) is 0 Å². The summed E-state index contributed by atoms with van der Waals surface area (Å²) in [6, 6.07) is 5.11. The van der Waals surface area contributed by atoms with Crippen molar-refractivity contribution in [1.29, 1.82) is 0 Å². The van der Waals surface area contributed by atoms with E-state index < -0.39 is 21.7 Å². The number of aliphatic hydroxyl groups excluding tert-OH is 1. The molecule has 0 radical (unpaired) electrons. The quantitative estimate of drug-likeness (QED) is 0.313. The van der Waals surface area contributed by atoms with E-state index in [1.54, 1.807) is 17.2 Å². The zero-order valence-corrected chi connectivity index (χ0v) is 23.8. The Morgan fingerprint density at radius 2 is 1.90 bits per heavy atom. The van der Waals surface area contributed by atoms with Gasteiger partial charge in [-0.25, -0.2) is 17.9 Å². The van der Waals surface area contributed by atoms with E-state index in [-0.39, 0.29) is 34.3 Å². The Morgan fingerprint density at radius 3 is 2.55 bits per heavy atom. The molecule has 0 bridgehead atoms. The predicted molar refractivity (Wildman–Crippen MR) is 149 cm³/mol. The van der Waals surface area contributed by atoms with Gasteiger partial charge in [-0.2, -0.15) is 0 Å². The number of amides is 1. The minimum atomic E-state index is -3.71. The lowest BCUT2D eigenvalue weighted by atomic mass is 9.83. The van der Waals surface area contributed by atoms with Gasteiger partial charge in [-0.15, -0.1) is 5.10 Å². The van der Waals surface area contributed by atoms with Crippen molar-refractivity contribution in [3.8, 4) is 11.3 Å². The lowest BCUT2D eigenvalue weighted by molar-refractivity contribution is 0.00515. The highest BCUT2D eigenvalue weighted by atomic mass is 32.2. The normalized spacial score (nSPS) is 24.9. The van der Waals surface area contributed by atoms with Crippen molar-refractivity contribution in [3.05, 3.63) is 41.1 Å². The molecule has 2 fully saturated rings. The third-order valence-electron chi connectivity index (χ3n) is 8.77. The summed E-state index contributed by atoms with van der Waals surface area (Å²) >= 11 is 0. The van der Waals surface area contributed by atoms with Gasteiger partial charge in [-0.05, 0) is 82.1 Å². The predicted octanol–water partition coefficient (Wildman–Crippen LogP) is 2.41. The fraction of sp³-hybridized carbons (Fsp3) is 0.536. The molecular weight excluding hydrogens is 532 g/mol. The van der Waals surface area contributed by atoms with Gasteiger partial charge in [-0.3, -0.25) is 10.1 Å². The molecule has 2 aliphatic carbocycles. The fourth-order valence-corrected chi connectivity index (χ4v) is 7.07. The van der Waals surface area contributed by atoms with Crippen LogP contribution in [0.1, 0.15) is 80.1 Å². The van der Waals surface area contributed by atoms with Crippen LogP contribution in [0.5, 0.6) is 0 Å². The molecule has 5 N–H and O–H groups in total. The van der Waals surface area contributed by atoms with Crippen molar-refractivity contribution in [2.75, 3.05) is 12.0 Å². The molecule has 3 aromatic rings. The molecule has 2 aromatic heterocycles. The number of sulfone groups is 1. The van der Waals surface area contributed by atoms with Crippen LogP contribution in [0.2, 0.25) is 0 Å². The zero-order valence-electron chi connectivity index (χ0n) is 23.0. The summed E-state index contributed by atoms with van der Waals surface area (Å²) in [4.78, 5) is 19.9. The molecule has 40 heavy (non-hydrogen) atoms. The van der Waals surface area contributed by atoms with E-state index in [0.717, 1.165) is 19.1 Å². The number of nitrogens with zero attached hydrogens (tertiary/aromatic N) is 4. The Hall–Kier alpha value is -3.06. The van der Waals surface area contributed by atoms with Crippen LogP contribution in [-0.2, 0) is 16.4 Å². The van der Waals surface area contributed by atoms with Crippen molar-refractivity contribution in [2.24, 2.45) is 5.92 Å². The fourth-order valence-electron chi connectivity index (χ4n) is 6.14. The Bertz CT molecular complexity index is 1600. The Morgan fingerprint density at radius 1 is 1.20 bits per heavy atom. The second-order valence-electron chi connectivity index (χ2n) is 12.0. The molecule has 2 atom stereocenters. The van der Waals surface area contributed by atoms with Crippen molar-refractivity contribution in [1.82, 2.24) is 24.8 Å². The summed E-state index contributed by atoms with van der Waals surface area (Å²) in [7, 11) is -3.71. The minimum Gasteiger partial charge on any atom is -0.390 e. The van der Waals surface area contributed by atoms with Gasteiger partial charge in [0.05, 0.1) is 27.3 Å². The van der Waals surface area contributed by atoms with E-state index in [9.17, 15) is 23.4 Å². The maximum Gasteiger partial charge on any atom is 0.256 e. The Balaban J connectivity index is 1.36. The number of fused-ring (bicyclic) bond motifs is 2. The average Bonchev–Trinajstić information content (AvgIpc) is 3.61. The van der Waals surface area contributed by atoms with Crippen LogP contribution in [0, 0.1) is 5.92 Å². The molecule has 2 saturated carbocycles. The number of carbonyl (C=O) groups excluding carboxylic acids is 1. The number of aromatic nitrogens is 3. The van der Waals surface area contributed by atoms with Gasteiger partial charge in [0.15, 0.2) is 21.3 Å². The molecule has 3 aliphatic rings. The first-order chi connectivity index (χ1) is 18.8. The SMILES string of the molecule is C[C@@H](C1CC1)N1Cc2cc(-c3ccn4nc(N)c(C(O)N[C@H]5CC[C@@](C)(O)CC5)c4n3)cc(S(C)(=O)=O)c2C1=O. The molecule has 3 heterocycles. The number of hydrogen-bond acceptors (Lipinski definition) is 9. The summed E-state index contributed by atoms with van der Waals surface area (Å²) in [6.07, 6.45) is 6.49. The number of anilines is 1. The summed E-state index contributed by atoms with van der Waals surface area (Å²) in [5.41, 5.74) is 8.14. The molecule has 1 aromatic carbocycles. The van der Waals surface area contributed by atoms with E-state index in [1.807, 2.05) is 19.9 Å². The van der Waals surface area contributed by atoms with Crippen LogP contribution in [-0.4, -0.2) is 68.0 Å². The smallest absolute Gasteiger partial charge is 0.256 e. The first-order valence-corrected chi connectivity index (χ1v) is 15.7. The zero-order chi connectivity index (χ0) is 28.6. The van der Waals surface area contributed by atoms with Gasteiger partial charge < -0.3 is 20.8 Å². The van der Waals surface area contributed by atoms with Crippen LogP contribution in [0.4, 0.5) is 5.82 Å². The number of nitrogen functional groups attached to an aromatic ring is 1. The van der Waals surface area contributed by atoms with Gasteiger partial charge in [0.25, 0.3) is 5.91 Å². The van der Waals surface area contributed by atoms with Crippen molar-refractivity contribution in [2.45, 2.75) is 87.7 Å². The third-order valence-corrected chi connectivity index (χ3v) is 9.89. The van der Waals surface area contributed by atoms with Crippen molar-refractivity contribution >= 4 is 27.2 Å². The van der Waals surface area contributed by atoms with E-state index in [2.05, 4.69) is 10.4 Å². The van der Waals surface area contributed by atoms with E-state index in [0.29, 0.717) is 66.2 Å². The molecule has 12 heteroatoms. The maximum atomic E-state index is 13.4. The molecule has 1 aliphatic heterocycles. The average molecular weight is 569 g/mol. The highest BCUT2D eigenvalue weighted by molar-refractivity contribution is 7.90. The Labute approximate surface area is 233 Å². The van der Waals surface area contributed by atoms with Crippen LogP contribution in [0.25, 0.3) is 16.9 Å². The van der Waals surface area contributed by atoms with E-state index in [4.69, 9.17) is 10.7 Å². The van der Waals surface area contributed by atoms with Gasteiger partial charge in [0, 0.05) is 36.6 Å². The second-order valence-corrected chi connectivity index (χ2v) is 14.0. The molecular formula is C28H36N6O5S. The van der Waals surface area contributed by atoms with Crippen LogP contribution < -0.4 is 11.1 Å². The maximum absolute atomic E-state index is 13.4. The number of hydrogen-bond donors (Lipinski definition) is 4. The van der Waals surface area contributed by atoms with Crippen LogP contribution in [0.3, 0.4) is 0 Å². The standard InChI is InChI=1S/C28H36N6O5S/c1-15(16-4-5-16)33-14-18-12-17(13-21(40(3,38)39)22(18)27(33)36)20-8-11-34-25(31-20)23(24(29)32-34)26(35)30-19-6-9-28(2,37)10-7-19/h8,11-13,15-16,19,26,30,35,37H,4-7,9-10,14H2,1-3H3,(H2,29,32)/t15-,19-,26?,28+/m0/s1. The Kier molecular flexibility index (Phi) is 6.45. The highest BCUT2D eigenvalue weighted by Gasteiger charge is 2.41. The van der Waals surface area contributed by atoms with E-state index >= 15 is 0 Å². The lowest BCUT2D eigenvalue weighted by Crippen LogP contribution is -2.41.